The molecule has 0 atom stereocenters. The van der Waals surface area contributed by atoms with Crippen LogP contribution in [0.5, 0.6) is 0 Å². The van der Waals surface area contributed by atoms with E-state index >= 15 is 0 Å². The van der Waals surface area contributed by atoms with Crippen molar-refractivity contribution in [3.05, 3.63) is 47.1 Å². The van der Waals surface area contributed by atoms with Gasteiger partial charge in [0.2, 0.25) is 0 Å². The summed E-state index contributed by atoms with van der Waals surface area (Å²) in [7, 11) is 1.34. The molecule has 0 aliphatic carbocycles. The molecule has 0 saturated heterocycles. The number of hydrogen-bond donors (Lipinski definition) is 1. The van der Waals surface area contributed by atoms with Gasteiger partial charge in [-0.1, -0.05) is 5.16 Å². The second-order valence-corrected chi connectivity index (χ2v) is 4.06. The molecule has 0 saturated carbocycles. The van der Waals surface area contributed by atoms with Crippen LogP contribution in [0.4, 0.5) is 0 Å². The molecular formula is C13H15N3O3. The minimum atomic E-state index is -0.384. The molecule has 0 aliphatic heterocycles. The molecule has 19 heavy (non-hydrogen) atoms. The van der Waals surface area contributed by atoms with Gasteiger partial charge in [-0.2, -0.15) is 0 Å². The Morgan fingerprint density at radius 1 is 1.37 bits per heavy atom. The second-order valence-electron chi connectivity index (χ2n) is 4.06. The highest BCUT2D eigenvalue weighted by Crippen LogP contribution is 2.03. The zero-order valence-corrected chi connectivity index (χ0v) is 10.8. The number of pyridine rings is 1. The van der Waals surface area contributed by atoms with Gasteiger partial charge >= 0.3 is 5.97 Å². The topological polar surface area (TPSA) is 77.2 Å². The van der Waals surface area contributed by atoms with Crippen molar-refractivity contribution < 1.29 is 14.1 Å². The fraction of sp³-hybridized carbons (Fsp3) is 0.308. The third kappa shape index (κ3) is 3.62. The number of carbonyl (C=O) groups excluding carboxylic acids is 1. The van der Waals surface area contributed by atoms with Crippen molar-refractivity contribution in [2.45, 2.75) is 20.0 Å². The lowest BCUT2D eigenvalue weighted by atomic mass is 10.2. The van der Waals surface area contributed by atoms with Crippen LogP contribution < -0.4 is 5.32 Å². The number of nitrogens with one attached hydrogen (secondary N) is 1. The minimum Gasteiger partial charge on any atom is -0.465 e. The molecule has 0 aliphatic rings. The first-order valence-corrected chi connectivity index (χ1v) is 5.85. The monoisotopic (exact) mass is 261 g/mol. The SMILES string of the molecule is COC(=O)c1ccc(CNCc2cc(C)on2)nc1. The number of aryl methyl sites for hydroxylation is 1. The van der Waals surface area contributed by atoms with Gasteiger partial charge in [0.15, 0.2) is 0 Å². The summed E-state index contributed by atoms with van der Waals surface area (Å²) in [6.45, 7) is 3.05. The summed E-state index contributed by atoms with van der Waals surface area (Å²) in [6.07, 6.45) is 1.50. The maximum atomic E-state index is 11.2. The van der Waals surface area contributed by atoms with Crippen LogP contribution in [-0.4, -0.2) is 23.2 Å². The Bertz CT molecular complexity index is 549. The summed E-state index contributed by atoms with van der Waals surface area (Å²) < 4.78 is 9.57. The van der Waals surface area contributed by atoms with Gasteiger partial charge in [-0.05, 0) is 19.1 Å². The predicted molar refractivity (Wildman–Crippen MR) is 67.4 cm³/mol. The highest BCUT2D eigenvalue weighted by Gasteiger charge is 2.05. The largest absolute Gasteiger partial charge is 0.465 e. The zero-order valence-electron chi connectivity index (χ0n) is 10.8. The average Bonchev–Trinajstić information content (AvgIpc) is 2.84. The predicted octanol–water partition coefficient (Wildman–Crippen LogP) is 1.45. The van der Waals surface area contributed by atoms with Crippen LogP contribution in [0.1, 0.15) is 27.5 Å². The number of ether oxygens (including phenoxy) is 1. The van der Waals surface area contributed by atoms with Gasteiger partial charge in [0.25, 0.3) is 0 Å². The molecule has 2 aromatic rings. The quantitative estimate of drug-likeness (QED) is 0.821. The molecule has 0 fully saturated rings. The van der Waals surface area contributed by atoms with Crippen molar-refractivity contribution >= 4 is 5.97 Å². The molecule has 2 heterocycles. The Balaban J connectivity index is 1.84. The smallest absolute Gasteiger partial charge is 0.339 e. The molecule has 0 radical (unpaired) electrons. The van der Waals surface area contributed by atoms with Crippen LogP contribution in [0.2, 0.25) is 0 Å². The van der Waals surface area contributed by atoms with Crippen molar-refractivity contribution in [2.24, 2.45) is 0 Å². The molecule has 2 aromatic heterocycles. The standard InChI is InChI=1S/C13H15N3O3/c1-9-5-12(16-19-9)8-14-7-11-4-3-10(6-15-11)13(17)18-2/h3-6,14H,7-8H2,1-2H3. The van der Waals surface area contributed by atoms with Crippen molar-refractivity contribution in [2.75, 3.05) is 7.11 Å². The molecule has 0 unspecified atom stereocenters. The van der Waals surface area contributed by atoms with Gasteiger partial charge < -0.3 is 14.6 Å². The van der Waals surface area contributed by atoms with E-state index < -0.39 is 0 Å². The lowest BCUT2D eigenvalue weighted by Gasteiger charge is -2.03. The number of methoxy groups -OCH3 is 1. The van der Waals surface area contributed by atoms with E-state index in [0.29, 0.717) is 18.7 Å². The Hall–Kier alpha value is -2.21. The summed E-state index contributed by atoms with van der Waals surface area (Å²) in [6, 6.07) is 5.35. The van der Waals surface area contributed by atoms with Crippen molar-refractivity contribution in [1.82, 2.24) is 15.5 Å². The Morgan fingerprint density at radius 2 is 2.16 bits per heavy atom. The van der Waals surface area contributed by atoms with Crippen LogP contribution in [0, 0.1) is 6.92 Å². The summed E-state index contributed by atoms with van der Waals surface area (Å²) in [5, 5.41) is 7.07. The number of nitrogens with zero attached hydrogens (tertiary/aromatic N) is 2. The first kappa shape index (κ1) is 13.2. The molecule has 1 N–H and O–H groups in total. The number of carbonyl (C=O) groups is 1. The first-order valence-electron chi connectivity index (χ1n) is 5.85. The molecule has 100 valence electrons. The number of esters is 1. The van der Waals surface area contributed by atoms with E-state index in [0.717, 1.165) is 17.1 Å². The Morgan fingerprint density at radius 3 is 2.74 bits per heavy atom. The third-order valence-corrected chi connectivity index (χ3v) is 2.53. The number of aromatic nitrogens is 2. The Kier molecular flexibility index (Phi) is 4.25. The summed E-state index contributed by atoms with van der Waals surface area (Å²) in [4.78, 5) is 15.4. The highest BCUT2D eigenvalue weighted by atomic mass is 16.5. The van der Waals surface area contributed by atoms with E-state index in [4.69, 9.17) is 4.52 Å². The maximum absolute atomic E-state index is 11.2. The normalized spacial score (nSPS) is 10.4. The van der Waals surface area contributed by atoms with Gasteiger partial charge in [-0.25, -0.2) is 4.79 Å². The van der Waals surface area contributed by atoms with Gasteiger partial charge in [0, 0.05) is 25.4 Å². The van der Waals surface area contributed by atoms with Crippen LogP contribution in [0.25, 0.3) is 0 Å². The number of rotatable bonds is 5. The molecule has 0 amide bonds. The fourth-order valence-corrected chi connectivity index (χ4v) is 1.59. The molecule has 0 bridgehead atoms. The van der Waals surface area contributed by atoms with Crippen molar-refractivity contribution in [3.8, 4) is 0 Å². The third-order valence-electron chi connectivity index (χ3n) is 2.53. The minimum absolute atomic E-state index is 0.384. The van der Waals surface area contributed by atoms with Crippen LogP contribution in [0.3, 0.4) is 0 Å². The van der Waals surface area contributed by atoms with E-state index in [1.807, 2.05) is 13.0 Å². The number of hydrogen-bond acceptors (Lipinski definition) is 6. The zero-order chi connectivity index (χ0) is 13.7. The van der Waals surface area contributed by atoms with Gasteiger partial charge in [-0.3, -0.25) is 4.98 Å². The van der Waals surface area contributed by atoms with Crippen molar-refractivity contribution in [1.29, 1.82) is 0 Å². The summed E-state index contributed by atoms with van der Waals surface area (Å²) >= 11 is 0. The second kappa shape index (κ2) is 6.10. The van der Waals surface area contributed by atoms with E-state index in [2.05, 4.69) is 20.2 Å². The van der Waals surface area contributed by atoms with E-state index in [1.54, 1.807) is 12.1 Å². The van der Waals surface area contributed by atoms with Crippen LogP contribution >= 0.6 is 0 Å². The molecule has 0 spiro atoms. The van der Waals surface area contributed by atoms with Gasteiger partial charge in [-0.15, -0.1) is 0 Å². The van der Waals surface area contributed by atoms with Crippen LogP contribution in [0.15, 0.2) is 28.9 Å². The van der Waals surface area contributed by atoms with Gasteiger partial charge in [0.1, 0.15) is 5.76 Å². The lowest BCUT2D eigenvalue weighted by molar-refractivity contribution is 0.0600. The Labute approximate surface area is 110 Å². The fourth-order valence-electron chi connectivity index (χ4n) is 1.59. The van der Waals surface area contributed by atoms with Crippen molar-refractivity contribution in [3.63, 3.8) is 0 Å². The molecular weight excluding hydrogens is 246 g/mol. The lowest BCUT2D eigenvalue weighted by Crippen LogP contribution is -2.14. The average molecular weight is 261 g/mol. The highest BCUT2D eigenvalue weighted by molar-refractivity contribution is 5.88. The molecule has 0 aromatic carbocycles. The first-order chi connectivity index (χ1) is 9.19. The van der Waals surface area contributed by atoms with E-state index in [9.17, 15) is 4.79 Å². The summed E-state index contributed by atoms with van der Waals surface area (Å²) in [5.74, 6) is 0.405. The maximum Gasteiger partial charge on any atom is 0.339 e. The summed E-state index contributed by atoms with van der Waals surface area (Å²) in [5.41, 5.74) is 2.13. The molecule has 6 heteroatoms. The van der Waals surface area contributed by atoms with Gasteiger partial charge in [0.05, 0.1) is 24.1 Å². The van der Waals surface area contributed by atoms with E-state index in [-0.39, 0.29) is 5.97 Å². The van der Waals surface area contributed by atoms with Crippen LogP contribution in [-0.2, 0) is 17.8 Å². The molecule has 2 rings (SSSR count). The van der Waals surface area contributed by atoms with E-state index in [1.165, 1.54) is 13.3 Å². The molecule has 6 nitrogen and oxygen atoms in total.